The highest BCUT2D eigenvalue weighted by atomic mass is 19.4. The Hall–Kier alpha value is -2.93. The van der Waals surface area contributed by atoms with Crippen LogP contribution in [0.15, 0.2) is 18.2 Å². The van der Waals surface area contributed by atoms with Gasteiger partial charge < -0.3 is 9.47 Å². The number of fused-ring (bicyclic) bond motifs is 5. The van der Waals surface area contributed by atoms with Gasteiger partial charge in [-0.25, -0.2) is 4.90 Å². The number of nitrogens with zero attached hydrogens (tertiary/aromatic N) is 2. The smallest absolute Gasteiger partial charge is 0.417 e. The summed E-state index contributed by atoms with van der Waals surface area (Å²) in [7, 11) is 0. The van der Waals surface area contributed by atoms with Crippen LogP contribution in [0.2, 0.25) is 0 Å². The molecule has 2 bridgehead atoms. The summed E-state index contributed by atoms with van der Waals surface area (Å²) in [5.41, 5.74) is -4.51. The lowest BCUT2D eigenvalue weighted by molar-refractivity contribution is -0.157. The zero-order valence-corrected chi connectivity index (χ0v) is 17.9. The third kappa shape index (κ3) is 3.09. The highest BCUT2D eigenvalue weighted by Gasteiger charge is 2.77. The van der Waals surface area contributed by atoms with E-state index in [2.05, 4.69) is 0 Å². The Kier molecular flexibility index (Phi) is 4.51. The second-order valence-corrected chi connectivity index (χ2v) is 9.74. The highest BCUT2D eigenvalue weighted by Crippen LogP contribution is 2.63. The SMILES string of the molecule is C[C@@]12O[C@@](C)(C[C@@H]1C(=O)OCC1CC1)[C@@H]1C(=O)N(c3ccc(C#N)c(C(F)(F)F)c3)C(=O)[C@@H]12. The first-order valence-electron chi connectivity index (χ1n) is 10.8. The molecule has 1 aromatic rings. The molecule has 2 amide bonds. The summed E-state index contributed by atoms with van der Waals surface area (Å²) >= 11 is 0. The maximum atomic E-state index is 13.4. The number of halogens is 3. The van der Waals surface area contributed by atoms with Crippen LogP contribution in [0.5, 0.6) is 0 Å². The van der Waals surface area contributed by atoms with Crippen LogP contribution in [0, 0.1) is 35.0 Å². The van der Waals surface area contributed by atoms with Crippen LogP contribution in [-0.2, 0) is 30.0 Å². The number of hydrogen-bond donors (Lipinski definition) is 0. The number of nitriles is 1. The molecular formula is C23H21F3N2O5. The number of ether oxygens (including phenoxy) is 2. The minimum Gasteiger partial charge on any atom is -0.465 e. The molecule has 3 aliphatic heterocycles. The van der Waals surface area contributed by atoms with Crippen molar-refractivity contribution in [1.82, 2.24) is 0 Å². The number of esters is 1. The van der Waals surface area contributed by atoms with Crippen LogP contribution in [0.25, 0.3) is 0 Å². The van der Waals surface area contributed by atoms with Crippen molar-refractivity contribution in [2.24, 2.45) is 23.7 Å². The molecule has 1 aromatic carbocycles. The first-order chi connectivity index (χ1) is 15.4. The van der Waals surface area contributed by atoms with Crippen LogP contribution in [0.4, 0.5) is 18.9 Å². The van der Waals surface area contributed by atoms with Crippen molar-refractivity contribution >= 4 is 23.5 Å². The van der Waals surface area contributed by atoms with Gasteiger partial charge in [-0.05, 0) is 57.2 Å². The van der Waals surface area contributed by atoms with Gasteiger partial charge in [0.15, 0.2) is 0 Å². The van der Waals surface area contributed by atoms with Gasteiger partial charge in [-0.1, -0.05) is 0 Å². The molecule has 5 rings (SSSR count). The van der Waals surface area contributed by atoms with Crippen LogP contribution in [0.3, 0.4) is 0 Å². The Labute approximate surface area is 187 Å². The molecule has 0 spiro atoms. The van der Waals surface area contributed by atoms with E-state index < -0.39 is 64.0 Å². The Morgan fingerprint density at radius 2 is 1.91 bits per heavy atom. The van der Waals surface area contributed by atoms with Crippen LogP contribution >= 0.6 is 0 Å². The minimum absolute atomic E-state index is 0.183. The monoisotopic (exact) mass is 462 g/mol. The molecule has 0 N–H and O–H groups in total. The fourth-order valence-electron chi connectivity index (χ4n) is 5.72. The van der Waals surface area contributed by atoms with Crippen molar-refractivity contribution < 1.29 is 37.0 Å². The first kappa shape index (κ1) is 21.9. The van der Waals surface area contributed by atoms with Crippen molar-refractivity contribution in [3.63, 3.8) is 0 Å². The van der Waals surface area contributed by atoms with E-state index in [0.29, 0.717) is 18.6 Å². The molecule has 3 heterocycles. The normalized spacial score (nSPS) is 35.0. The van der Waals surface area contributed by atoms with Gasteiger partial charge in [-0.2, -0.15) is 18.4 Å². The predicted octanol–water partition coefficient (Wildman–Crippen LogP) is 3.20. The van der Waals surface area contributed by atoms with Crippen molar-refractivity contribution in [2.45, 2.75) is 50.5 Å². The topological polar surface area (TPSA) is 96.7 Å². The number of alkyl halides is 3. The number of benzene rings is 1. The zero-order chi connectivity index (χ0) is 23.9. The van der Waals surface area contributed by atoms with Crippen molar-refractivity contribution in [1.29, 1.82) is 5.26 Å². The molecule has 4 fully saturated rings. The maximum absolute atomic E-state index is 13.4. The van der Waals surface area contributed by atoms with Crippen LogP contribution < -0.4 is 4.90 Å². The Morgan fingerprint density at radius 3 is 2.52 bits per heavy atom. The van der Waals surface area contributed by atoms with E-state index in [9.17, 15) is 27.6 Å². The lowest BCUT2D eigenvalue weighted by atomic mass is 9.64. The van der Waals surface area contributed by atoms with E-state index in [0.717, 1.165) is 29.9 Å². The Bertz CT molecular complexity index is 1120. The lowest BCUT2D eigenvalue weighted by Crippen LogP contribution is -2.49. The first-order valence-corrected chi connectivity index (χ1v) is 10.8. The lowest BCUT2D eigenvalue weighted by Gasteiger charge is -2.33. The van der Waals surface area contributed by atoms with E-state index in [1.165, 1.54) is 6.07 Å². The summed E-state index contributed by atoms with van der Waals surface area (Å²) in [5, 5.41) is 9.02. The maximum Gasteiger partial charge on any atom is 0.417 e. The summed E-state index contributed by atoms with van der Waals surface area (Å²) in [6, 6.07) is 4.22. The van der Waals surface area contributed by atoms with Gasteiger partial charge in [0.2, 0.25) is 11.8 Å². The summed E-state index contributed by atoms with van der Waals surface area (Å²) in [5.74, 6) is -4.21. The Morgan fingerprint density at radius 1 is 1.24 bits per heavy atom. The van der Waals surface area contributed by atoms with Gasteiger partial charge in [0, 0.05) is 0 Å². The molecular weight excluding hydrogens is 441 g/mol. The largest absolute Gasteiger partial charge is 0.465 e. The highest BCUT2D eigenvalue weighted by molar-refractivity contribution is 6.23. The summed E-state index contributed by atoms with van der Waals surface area (Å²) in [6.45, 7) is 3.56. The fourth-order valence-corrected chi connectivity index (χ4v) is 5.72. The van der Waals surface area contributed by atoms with Gasteiger partial charge >= 0.3 is 12.1 Å². The average molecular weight is 462 g/mol. The molecule has 0 aromatic heterocycles. The molecule has 10 heteroatoms. The van der Waals surface area contributed by atoms with Crippen molar-refractivity contribution in [2.75, 3.05) is 11.5 Å². The fraction of sp³-hybridized carbons (Fsp3) is 0.565. The Balaban J connectivity index is 1.49. The molecule has 1 aliphatic carbocycles. The third-order valence-electron chi connectivity index (χ3n) is 7.47. The van der Waals surface area contributed by atoms with Gasteiger partial charge in [-0.15, -0.1) is 0 Å². The van der Waals surface area contributed by atoms with Gasteiger partial charge in [0.25, 0.3) is 0 Å². The van der Waals surface area contributed by atoms with Gasteiger partial charge in [0.1, 0.15) is 0 Å². The summed E-state index contributed by atoms with van der Waals surface area (Å²) in [6.07, 6.45) is -2.65. The van der Waals surface area contributed by atoms with E-state index in [-0.39, 0.29) is 12.1 Å². The summed E-state index contributed by atoms with van der Waals surface area (Å²) < 4.78 is 51.9. The molecule has 0 unspecified atom stereocenters. The predicted molar refractivity (Wildman–Crippen MR) is 105 cm³/mol. The van der Waals surface area contributed by atoms with E-state index in [1.54, 1.807) is 13.8 Å². The van der Waals surface area contributed by atoms with Crippen LogP contribution in [-0.4, -0.2) is 35.6 Å². The summed E-state index contributed by atoms with van der Waals surface area (Å²) in [4.78, 5) is 40.3. The number of carbonyl (C=O) groups excluding carboxylic acids is 3. The number of hydrogen-bond acceptors (Lipinski definition) is 6. The number of rotatable bonds is 4. The molecule has 7 nitrogen and oxygen atoms in total. The quantitative estimate of drug-likeness (QED) is 0.504. The number of carbonyl (C=O) groups is 3. The standard InChI is InChI=1S/C23H21F3N2O5/c1-21-8-15(20(31)32-10-11-3-4-11)22(2,33-21)17-16(21)18(29)28(19(17)30)13-6-5-12(9-27)14(7-13)23(24,25)26/h5-7,11,15-17H,3-4,8,10H2,1-2H3/t15-,16+,17-,21+,22-/m1/s1. The number of anilines is 1. The van der Waals surface area contributed by atoms with Crippen molar-refractivity contribution in [3.8, 4) is 6.07 Å². The number of imide groups is 1. The molecule has 33 heavy (non-hydrogen) atoms. The van der Waals surface area contributed by atoms with E-state index in [1.807, 2.05) is 0 Å². The molecule has 0 radical (unpaired) electrons. The minimum atomic E-state index is -4.83. The van der Waals surface area contributed by atoms with Gasteiger partial charge in [0.05, 0.1) is 58.4 Å². The molecule has 174 valence electrons. The molecule has 1 saturated carbocycles. The van der Waals surface area contributed by atoms with Crippen LogP contribution in [0.1, 0.15) is 44.2 Å². The second kappa shape index (κ2) is 6.79. The molecule has 3 saturated heterocycles. The van der Waals surface area contributed by atoms with E-state index in [4.69, 9.17) is 14.7 Å². The number of amides is 2. The second-order valence-electron chi connectivity index (χ2n) is 9.74. The third-order valence-corrected chi connectivity index (χ3v) is 7.47. The molecule has 5 atom stereocenters. The van der Waals surface area contributed by atoms with Crippen molar-refractivity contribution in [3.05, 3.63) is 29.3 Å². The average Bonchev–Trinajstić information content (AvgIpc) is 3.41. The zero-order valence-electron chi connectivity index (χ0n) is 17.9. The van der Waals surface area contributed by atoms with Gasteiger partial charge in [-0.3, -0.25) is 14.4 Å². The molecule has 4 aliphatic rings. The van der Waals surface area contributed by atoms with E-state index >= 15 is 0 Å².